The summed E-state index contributed by atoms with van der Waals surface area (Å²) >= 11 is 0. The average Bonchev–Trinajstić information content (AvgIpc) is 2.85. The molecule has 2 aliphatic rings. The lowest BCUT2D eigenvalue weighted by Crippen LogP contribution is -2.55. The van der Waals surface area contributed by atoms with E-state index in [-0.39, 0.29) is 0 Å². The number of rotatable bonds is 2. The Labute approximate surface area is 108 Å². The van der Waals surface area contributed by atoms with E-state index < -0.39 is 0 Å². The van der Waals surface area contributed by atoms with Crippen molar-refractivity contribution < 1.29 is 0 Å². The summed E-state index contributed by atoms with van der Waals surface area (Å²) in [5, 5.41) is 3.01. The van der Waals surface area contributed by atoms with Crippen molar-refractivity contribution in [2.45, 2.75) is 31.8 Å². The average molecular weight is 247 g/mol. The molecule has 2 saturated heterocycles. The van der Waals surface area contributed by atoms with Crippen molar-refractivity contribution in [3.8, 4) is 0 Å². The van der Waals surface area contributed by atoms with Gasteiger partial charge in [-0.25, -0.2) is 4.98 Å². The molecule has 18 heavy (non-hydrogen) atoms. The second-order valence-corrected chi connectivity index (χ2v) is 5.28. The number of aromatic nitrogens is 2. The van der Waals surface area contributed by atoms with Crippen molar-refractivity contribution in [1.82, 2.24) is 14.9 Å². The minimum atomic E-state index is 0.527. The smallest absolute Gasteiger partial charge is 0.224 e. The third-order valence-electron chi connectivity index (χ3n) is 4.10. The molecule has 5 heteroatoms. The Bertz CT molecular complexity index is 422. The number of piperazine rings is 1. The maximum atomic E-state index is 4.56. The molecule has 2 fully saturated rings. The molecule has 3 rings (SSSR count). The first kappa shape index (κ1) is 11.7. The molecule has 2 aliphatic heterocycles. The molecule has 1 aromatic heterocycles. The molecule has 5 nitrogen and oxygen atoms in total. The van der Waals surface area contributed by atoms with Crippen LogP contribution in [-0.2, 0) is 0 Å². The van der Waals surface area contributed by atoms with Crippen LogP contribution in [0.4, 0.5) is 11.8 Å². The highest BCUT2D eigenvalue weighted by atomic mass is 15.3. The zero-order chi connectivity index (χ0) is 12.5. The number of hydrogen-bond donors (Lipinski definition) is 1. The minimum absolute atomic E-state index is 0.527. The van der Waals surface area contributed by atoms with E-state index in [1.165, 1.54) is 19.4 Å². The van der Waals surface area contributed by atoms with Crippen molar-refractivity contribution in [3.63, 3.8) is 0 Å². The fourth-order valence-corrected chi connectivity index (χ4v) is 3.14. The fourth-order valence-electron chi connectivity index (χ4n) is 3.14. The molecule has 1 aromatic rings. The van der Waals surface area contributed by atoms with E-state index >= 15 is 0 Å². The number of anilines is 2. The van der Waals surface area contributed by atoms with E-state index in [2.05, 4.69) is 32.0 Å². The monoisotopic (exact) mass is 247 g/mol. The Morgan fingerprint density at radius 1 is 1.39 bits per heavy atom. The molecular weight excluding hydrogens is 226 g/mol. The number of nitrogens with zero attached hydrogens (tertiary/aromatic N) is 4. The molecule has 1 N–H and O–H groups in total. The zero-order valence-electron chi connectivity index (χ0n) is 11.1. The van der Waals surface area contributed by atoms with Gasteiger partial charge in [0, 0.05) is 38.4 Å². The Hall–Kier alpha value is -1.36. The van der Waals surface area contributed by atoms with Crippen LogP contribution in [0.5, 0.6) is 0 Å². The molecule has 0 saturated carbocycles. The van der Waals surface area contributed by atoms with Gasteiger partial charge in [0.25, 0.3) is 0 Å². The van der Waals surface area contributed by atoms with E-state index in [0.717, 1.165) is 18.9 Å². The normalized spacial score (nSPS) is 28.2. The first-order chi connectivity index (χ1) is 8.78. The Kier molecular flexibility index (Phi) is 3.07. The van der Waals surface area contributed by atoms with E-state index in [4.69, 9.17) is 0 Å². The van der Waals surface area contributed by atoms with Gasteiger partial charge in [-0.1, -0.05) is 0 Å². The van der Waals surface area contributed by atoms with Crippen molar-refractivity contribution in [2.75, 3.05) is 36.9 Å². The van der Waals surface area contributed by atoms with Crippen molar-refractivity contribution in [1.29, 1.82) is 0 Å². The van der Waals surface area contributed by atoms with E-state index in [1.807, 2.05) is 19.3 Å². The highest BCUT2D eigenvalue weighted by molar-refractivity contribution is 5.44. The van der Waals surface area contributed by atoms with Crippen LogP contribution in [0.15, 0.2) is 12.3 Å². The number of fused-ring (bicyclic) bond motifs is 1. The molecule has 0 aliphatic carbocycles. The lowest BCUT2D eigenvalue weighted by Gasteiger charge is -2.43. The second kappa shape index (κ2) is 4.72. The summed E-state index contributed by atoms with van der Waals surface area (Å²) < 4.78 is 0. The van der Waals surface area contributed by atoms with Crippen molar-refractivity contribution in [2.24, 2.45) is 0 Å². The fraction of sp³-hybridized carbons (Fsp3) is 0.692. The van der Waals surface area contributed by atoms with Crippen LogP contribution in [0.3, 0.4) is 0 Å². The molecule has 0 amide bonds. The van der Waals surface area contributed by atoms with E-state index in [9.17, 15) is 0 Å². The summed E-state index contributed by atoms with van der Waals surface area (Å²) in [6.07, 6.45) is 4.51. The molecule has 98 valence electrons. The molecule has 0 radical (unpaired) electrons. The van der Waals surface area contributed by atoms with Crippen LogP contribution in [0, 0.1) is 0 Å². The predicted molar refractivity (Wildman–Crippen MR) is 73.0 cm³/mol. The van der Waals surface area contributed by atoms with Crippen molar-refractivity contribution in [3.05, 3.63) is 12.3 Å². The van der Waals surface area contributed by atoms with Gasteiger partial charge in [-0.15, -0.1) is 0 Å². The Morgan fingerprint density at radius 2 is 2.28 bits per heavy atom. The Morgan fingerprint density at radius 3 is 3.11 bits per heavy atom. The van der Waals surface area contributed by atoms with Crippen LogP contribution in [-0.4, -0.2) is 53.6 Å². The molecule has 3 heterocycles. The molecule has 0 bridgehead atoms. The standard InChI is InChI=1S/C13H21N5/c1-10-8-17-7-3-4-11(17)9-18(10)12-5-6-15-13(14-2)16-12/h5-6,10-11H,3-4,7-9H2,1-2H3,(H,14,15,16). The lowest BCUT2D eigenvalue weighted by atomic mass is 10.1. The summed E-state index contributed by atoms with van der Waals surface area (Å²) in [5.41, 5.74) is 0. The van der Waals surface area contributed by atoms with Crippen LogP contribution < -0.4 is 10.2 Å². The maximum Gasteiger partial charge on any atom is 0.224 e. The summed E-state index contributed by atoms with van der Waals surface area (Å²) in [6.45, 7) is 5.81. The summed E-state index contributed by atoms with van der Waals surface area (Å²) in [7, 11) is 1.86. The van der Waals surface area contributed by atoms with Gasteiger partial charge in [0.05, 0.1) is 0 Å². The highest BCUT2D eigenvalue weighted by Gasteiger charge is 2.34. The largest absolute Gasteiger partial charge is 0.357 e. The van der Waals surface area contributed by atoms with Crippen molar-refractivity contribution >= 4 is 11.8 Å². The zero-order valence-corrected chi connectivity index (χ0v) is 11.1. The third-order valence-corrected chi connectivity index (χ3v) is 4.10. The first-order valence-electron chi connectivity index (χ1n) is 6.79. The van der Waals surface area contributed by atoms with Gasteiger partial charge in [-0.05, 0) is 32.4 Å². The third kappa shape index (κ3) is 2.03. The topological polar surface area (TPSA) is 44.3 Å². The van der Waals surface area contributed by atoms with Gasteiger partial charge in [-0.2, -0.15) is 4.98 Å². The molecule has 2 unspecified atom stereocenters. The van der Waals surface area contributed by atoms with Gasteiger partial charge in [0.1, 0.15) is 5.82 Å². The quantitative estimate of drug-likeness (QED) is 0.850. The second-order valence-electron chi connectivity index (χ2n) is 5.28. The summed E-state index contributed by atoms with van der Waals surface area (Å²) in [5.74, 6) is 1.75. The maximum absolute atomic E-state index is 4.56. The predicted octanol–water partition coefficient (Wildman–Crippen LogP) is 1.19. The van der Waals surface area contributed by atoms with Gasteiger partial charge >= 0.3 is 0 Å². The molecule has 0 spiro atoms. The molecule has 2 atom stereocenters. The summed E-state index contributed by atoms with van der Waals surface area (Å²) in [4.78, 5) is 13.8. The number of nitrogens with one attached hydrogen (secondary N) is 1. The van der Waals surface area contributed by atoms with E-state index in [0.29, 0.717) is 18.0 Å². The first-order valence-corrected chi connectivity index (χ1v) is 6.79. The van der Waals surface area contributed by atoms with Crippen LogP contribution >= 0.6 is 0 Å². The van der Waals surface area contributed by atoms with Gasteiger partial charge in [0.15, 0.2) is 0 Å². The Balaban J connectivity index is 1.81. The minimum Gasteiger partial charge on any atom is -0.357 e. The van der Waals surface area contributed by atoms with E-state index in [1.54, 1.807) is 0 Å². The van der Waals surface area contributed by atoms with Gasteiger partial charge in [-0.3, -0.25) is 4.90 Å². The summed E-state index contributed by atoms with van der Waals surface area (Å²) in [6, 6.07) is 3.26. The lowest BCUT2D eigenvalue weighted by molar-refractivity contribution is 0.202. The van der Waals surface area contributed by atoms with Gasteiger partial charge < -0.3 is 10.2 Å². The van der Waals surface area contributed by atoms with Crippen LogP contribution in [0.2, 0.25) is 0 Å². The highest BCUT2D eigenvalue weighted by Crippen LogP contribution is 2.27. The SMILES string of the molecule is CNc1nccc(N2CC3CCCN3CC2C)n1. The van der Waals surface area contributed by atoms with Crippen LogP contribution in [0.25, 0.3) is 0 Å². The van der Waals surface area contributed by atoms with Gasteiger partial charge in [0.2, 0.25) is 5.95 Å². The molecular formula is C13H21N5. The number of hydrogen-bond acceptors (Lipinski definition) is 5. The molecule has 0 aromatic carbocycles. The van der Waals surface area contributed by atoms with Crippen LogP contribution in [0.1, 0.15) is 19.8 Å².